The highest BCUT2D eigenvalue weighted by molar-refractivity contribution is 9.08. The summed E-state index contributed by atoms with van der Waals surface area (Å²) >= 11 is 3.45. The summed E-state index contributed by atoms with van der Waals surface area (Å²) in [5, 5.41) is 9.67. The standard InChI is InChI=1S/C16H15BrN2/c17-13-14-7-9-16(10-8-14)19(12-4-11-18)15-5-2-1-3-6-15/h1-3,5-10H,4,12-13H2. The zero-order chi connectivity index (χ0) is 13.5. The average molecular weight is 315 g/mol. The molecule has 2 rings (SSSR count). The van der Waals surface area contributed by atoms with Gasteiger partial charge in [0.1, 0.15) is 0 Å². The van der Waals surface area contributed by atoms with E-state index in [1.165, 1.54) is 5.56 Å². The number of halogens is 1. The lowest BCUT2D eigenvalue weighted by atomic mass is 10.2. The van der Waals surface area contributed by atoms with E-state index in [9.17, 15) is 0 Å². The van der Waals surface area contributed by atoms with Gasteiger partial charge in [0.15, 0.2) is 0 Å². The smallest absolute Gasteiger partial charge is 0.0640 e. The summed E-state index contributed by atoms with van der Waals surface area (Å²) in [6.07, 6.45) is 0.509. The molecule has 0 amide bonds. The van der Waals surface area contributed by atoms with E-state index < -0.39 is 0 Å². The van der Waals surface area contributed by atoms with Crippen LogP contribution in [0.5, 0.6) is 0 Å². The molecule has 0 fully saturated rings. The fourth-order valence-corrected chi connectivity index (χ4v) is 2.32. The van der Waals surface area contributed by atoms with Crippen molar-refractivity contribution in [1.82, 2.24) is 0 Å². The normalized spacial score (nSPS) is 9.89. The second-order valence-electron chi connectivity index (χ2n) is 4.20. The van der Waals surface area contributed by atoms with Crippen molar-refractivity contribution in [2.24, 2.45) is 0 Å². The molecule has 0 radical (unpaired) electrons. The van der Waals surface area contributed by atoms with Gasteiger partial charge in [-0.3, -0.25) is 0 Å². The molecule has 3 heteroatoms. The van der Waals surface area contributed by atoms with Crippen molar-refractivity contribution in [3.05, 3.63) is 60.2 Å². The third kappa shape index (κ3) is 3.59. The molecule has 0 aliphatic carbocycles. The lowest BCUT2D eigenvalue weighted by Gasteiger charge is -2.24. The minimum absolute atomic E-state index is 0.509. The van der Waals surface area contributed by atoms with Gasteiger partial charge in [-0.2, -0.15) is 5.26 Å². The summed E-state index contributed by atoms with van der Waals surface area (Å²) in [4.78, 5) is 2.17. The van der Waals surface area contributed by atoms with Gasteiger partial charge in [0.05, 0.1) is 12.5 Å². The van der Waals surface area contributed by atoms with Crippen molar-refractivity contribution in [2.45, 2.75) is 11.8 Å². The van der Waals surface area contributed by atoms with Gasteiger partial charge in [0.25, 0.3) is 0 Å². The van der Waals surface area contributed by atoms with Gasteiger partial charge < -0.3 is 4.90 Å². The van der Waals surface area contributed by atoms with Crippen LogP contribution in [0.25, 0.3) is 0 Å². The Labute approximate surface area is 122 Å². The van der Waals surface area contributed by atoms with E-state index in [1.54, 1.807) is 0 Å². The van der Waals surface area contributed by atoms with Gasteiger partial charge in [0.2, 0.25) is 0 Å². The second kappa shape index (κ2) is 6.96. The van der Waals surface area contributed by atoms with Crippen LogP contribution in [0.15, 0.2) is 54.6 Å². The third-order valence-corrected chi connectivity index (χ3v) is 3.56. The van der Waals surface area contributed by atoms with Crippen molar-refractivity contribution in [1.29, 1.82) is 5.26 Å². The van der Waals surface area contributed by atoms with Crippen LogP contribution >= 0.6 is 15.9 Å². The number of hydrogen-bond acceptors (Lipinski definition) is 2. The predicted molar refractivity (Wildman–Crippen MR) is 82.8 cm³/mol. The largest absolute Gasteiger partial charge is 0.340 e. The van der Waals surface area contributed by atoms with Crippen LogP contribution in [-0.4, -0.2) is 6.54 Å². The van der Waals surface area contributed by atoms with Gasteiger partial charge in [-0.1, -0.05) is 46.3 Å². The van der Waals surface area contributed by atoms with Crippen molar-refractivity contribution < 1.29 is 0 Å². The Morgan fingerprint density at radius 3 is 2.16 bits per heavy atom. The molecule has 2 nitrogen and oxygen atoms in total. The molecule has 0 N–H and O–H groups in total. The average Bonchev–Trinajstić information content (AvgIpc) is 2.49. The van der Waals surface area contributed by atoms with Crippen LogP contribution in [0, 0.1) is 11.3 Å². The Kier molecular flexibility index (Phi) is 5.00. The second-order valence-corrected chi connectivity index (χ2v) is 4.76. The molecule has 0 saturated carbocycles. The summed E-state index contributed by atoms with van der Waals surface area (Å²) in [5.74, 6) is 0. The number of para-hydroxylation sites is 1. The Balaban J connectivity index is 2.29. The van der Waals surface area contributed by atoms with Gasteiger partial charge in [-0.05, 0) is 29.8 Å². The van der Waals surface area contributed by atoms with Crippen LogP contribution in [-0.2, 0) is 5.33 Å². The lowest BCUT2D eigenvalue weighted by Crippen LogP contribution is -2.17. The zero-order valence-corrected chi connectivity index (χ0v) is 12.2. The molecule has 2 aromatic rings. The maximum Gasteiger partial charge on any atom is 0.0640 e. The minimum Gasteiger partial charge on any atom is -0.340 e. The fraction of sp³-hybridized carbons (Fsp3) is 0.188. The van der Waals surface area contributed by atoms with Crippen LogP contribution in [0.3, 0.4) is 0 Å². The molecular weight excluding hydrogens is 300 g/mol. The summed E-state index contributed by atoms with van der Waals surface area (Å²) in [6, 6.07) is 20.8. The molecule has 19 heavy (non-hydrogen) atoms. The molecule has 96 valence electrons. The maximum absolute atomic E-state index is 8.81. The zero-order valence-electron chi connectivity index (χ0n) is 10.6. The van der Waals surface area contributed by atoms with E-state index in [0.29, 0.717) is 13.0 Å². The first-order chi connectivity index (χ1) is 9.35. The van der Waals surface area contributed by atoms with Gasteiger partial charge in [-0.15, -0.1) is 0 Å². The monoisotopic (exact) mass is 314 g/mol. The van der Waals surface area contributed by atoms with Crippen molar-refractivity contribution >= 4 is 27.3 Å². The minimum atomic E-state index is 0.509. The van der Waals surface area contributed by atoms with Crippen molar-refractivity contribution in [3.63, 3.8) is 0 Å². The Morgan fingerprint density at radius 1 is 0.947 bits per heavy atom. The van der Waals surface area contributed by atoms with Gasteiger partial charge in [-0.25, -0.2) is 0 Å². The highest BCUT2D eigenvalue weighted by Crippen LogP contribution is 2.25. The summed E-state index contributed by atoms with van der Waals surface area (Å²) < 4.78 is 0. The molecule has 0 aliphatic rings. The summed E-state index contributed by atoms with van der Waals surface area (Å²) in [6.45, 7) is 0.703. The molecule has 0 aliphatic heterocycles. The third-order valence-electron chi connectivity index (χ3n) is 2.92. The van der Waals surface area contributed by atoms with E-state index in [0.717, 1.165) is 16.7 Å². The first kappa shape index (κ1) is 13.6. The maximum atomic E-state index is 8.81. The van der Waals surface area contributed by atoms with Crippen LogP contribution in [0.4, 0.5) is 11.4 Å². The Hall–Kier alpha value is -1.79. The number of nitriles is 1. The van der Waals surface area contributed by atoms with Crippen LogP contribution in [0.1, 0.15) is 12.0 Å². The number of hydrogen-bond donors (Lipinski definition) is 0. The first-order valence-corrected chi connectivity index (χ1v) is 7.31. The van der Waals surface area contributed by atoms with Gasteiger partial charge in [0, 0.05) is 23.2 Å². The van der Waals surface area contributed by atoms with E-state index >= 15 is 0 Å². The number of rotatable bonds is 5. The number of benzene rings is 2. The molecule has 0 unspecified atom stereocenters. The van der Waals surface area contributed by atoms with E-state index in [2.05, 4.69) is 63.3 Å². The first-order valence-electron chi connectivity index (χ1n) is 6.19. The topological polar surface area (TPSA) is 27.0 Å². The summed E-state index contributed by atoms with van der Waals surface area (Å²) in [5.41, 5.74) is 3.48. The number of nitrogens with zero attached hydrogens (tertiary/aromatic N) is 2. The number of anilines is 2. The van der Waals surface area contributed by atoms with Crippen LogP contribution in [0.2, 0.25) is 0 Å². The van der Waals surface area contributed by atoms with Crippen molar-refractivity contribution in [3.8, 4) is 6.07 Å². The summed E-state index contributed by atoms with van der Waals surface area (Å²) in [7, 11) is 0. The fourth-order valence-electron chi connectivity index (χ4n) is 1.94. The number of alkyl halides is 1. The van der Waals surface area contributed by atoms with Gasteiger partial charge >= 0.3 is 0 Å². The van der Waals surface area contributed by atoms with E-state index in [1.807, 2.05) is 18.2 Å². The highest BCUT2D eigenvalue weighted by atomic mass is 79.9. The van der Waals surface area contributed by atoms with E-state index in [4.69, 9.17) is 5.26 Å². The molecule has 0 bridgehead atoms. The Bertz CT molecular complexity index is 543. The molecule has 0 atom stereocenters. The van der Waals surface area contributed by atoms with Crippen LogP contribution < -0.4 is 4.90 Å². The molecule has 0 heterocycles. The van der Waals surface area contributed by atoms with E-state index in [-0.39, 0.29) is 0 Å². The molecular formula is C16H15BrN2. The lowest BCUT2D eigenvalue weighted by molar-refractivity contribution is 0.948. The van der Waals surface area contributed by atoms with Crippen molar-refractivity contribution in [2.75, 3.05) is 11.4 Å². The quantitative estimate of drug-likeness (QED) is 0.752. The molecule has 0 aromatic heterocycles. The predicted octanol–water partition coefficient (Wildman–Crippen LogP) is 4.63. The molecule has 0 spiro atoms. The Morgan fingerprint density at radius 2 is 1.58 bits per heavy atom. The molecule has 0 saturated heterocycles. The SMILES string of the molecule is N#CCCN(c1ccccc1)c1ccc(CBr)cc1. The molecule has 2 aromatic carbocycles. The highest BCUT2D eigenvalue weighted by Gasteiger charge is 2.08.